The normalized spacial score (nSPS) is 19.4. The van der Waals surface area contributed by atoms with Crippen LogP contribution in [0.1, 0.15) is 50.5 Å². The zero-order valence-corrected chi connectivity index (χ0v) is 20.0. The summed E-state index contributed by atoms with van der Waals surface area (Å²) in [5.41, 5.74) is 7.73. The first-order valence-electron chi connectivity index (χ1n) is 10.9. The molecule has 0 spiro atoms. The van der Waals surface area contributed by atoms with Crippen molar-refractivity contribution in [1.82, 2.24) is 0 Å². The number of para-hydroxylation sites is 1. The zero-order chi connectivity index (χ0) is 20.9. The monoisotopic (exact) mass is 476 g/mol. The molecule has 2 aliphatic heterocycles. The minimum Gasteiger partial charge on any atom is -1.00 e. The lowest BCUT2D eigenvalue weighted by Crippen LogP contribution is -3.00. The maximum absolute atomic E-state index is 6.37. The van der Waals surface area contributed by atoms with Crippen molar-refractivity contribution in [3.63, 3.8) is 0 Å². The quantitative estimate of drug-likeness (QED) is 0.608. The molecule has 0 fully saturated rings. The molecule has 1 aromatic carbocycles. The second kappa shape index (κ2) is 8.16. The Morgan fingerprint density at radius 2 is 1.87 bits per heavy atom. The number of aryl methyl sites for hydroxylation is 1. The average molecular weight is 477 g/mol. The summed E-state index contributed by atoms with van der Waals surface area (Å²) in [6.45, 7) is 7.82. The number of likely N-dealkylation sites (N-methyl/N-ethyl adjacent to an activating group) is 1. The number of benzene rings is 2. The molecule has 31 heavy (non-hydrogen) atoms. The Bertz CT molecular complexity index is 1220. The van der Waals surface area contributed by atoms with Crippen LogP contribution in [0.3, 0.4) is 0 Å². The number of nitrogens with two attached hydrogens (primary N) is 1. The molecule has 0 bridgehead atoms. The highest BCUT2D eigenvalue weighted by Gasteiger charge is 2.38. The molecule has 2 aliphatic carbocycles. The number of halogens is 1. The smallest absolute Gasteiger partial charge is 0.200 e. The molecule has 0 aromatic heterocycles. The first-order chi connectivity index (χ1) is 14.5. The fraction of sp³-hybridized carbons (Fsp3) is 0.296. The Kier molecular flexibility index (Phi) is 5.69. The largest absolute Gasteiger partial charge is 1.00 e. The molecule has 4 heteroatoms. The van der Waals surface area contributed by atoms with E-state index in [1.165, 1.54) is 28.1 Å². The summed E-state index contributed by atoms with van der Waals surface area (Å²) in [5.74, 6) is 1.88. The Labute approximate surface area is 194 Å². The first kappa shape index (κ1) is 21.6. The van der Waals surface area contributed by atoms with Crippen LogP contribution < -0.4 is 32.6 Å². The SMILES string of the molecule is CCN1/C(=C\C=C2/CCCc3cc4ccc(=[NH2+])cc-4oc32)C(C)(C)c2ccccc21.[Br-]. The van der Waals surface area contributed by atoms with Crippen LogP contribution in [0.15, 0.2) is 70.8 Å². The van der Waals surface area contributed by atoms with Gasteiger partial charge in [0.15, 0.2) is 5.36 Å². The number of hydrogen-bond donors (Lipinski definition) is 1. The molecule has 0 radical (unpaired) electrons. The third-order valence-corrected chi connectivity index (χ3v) is 6.61. The van der Waals surface area contributed by atoms with Crippen LogP contribution in [0.5, 0.6) is 0 Å². The molecule has 3 nitrogen and oxygen atoms in total. The highest BCUT2D eigenvalue weighted by atomic mass is 79.9. The number of allylic oxidation sites excluding steroid dienone is 4. The van der Waals surface area contributed by atoms with Gasteiger partial charge in [-0.15, -0.1) is 0 Å². The number of rotatable bonds is 2. The molecule has 0 amide bonds. The van der Waals surface area contributed by atoms with Crippen molar-refractivity contribution in [2.75, 3.05) is 11.4 Å². The topological polar surface area (TPSA) is 42.0 Å². The van der Waals surface area contributed by atoms with E-state index >= 15 is 0 Å². The molecule has 0 atom stereocenters. The van der Waals surface area contributed by atoms with E-state index < -0.39 is 0 Å². The number of nitrogens with zero attached hydrogens (tertiary/aromatic N) is 1. The van der Waals surface area contributed by atoms with E-state index in [0.717, 1.165) is 48.2 Å². The third-order valence-electron chi connectivity index (χ3n) is 6.61. The van der Waals surface area contributed by atoms with Crippen molar-refractivity contribution in [1.29, 1.82) is 0 Å². The van der Waals surface area contributed by atoms with Gasteiger partial charge in [-0.05, 0) is 67.2 Å². The maximum Gasteiger partial charge on any atom is 0.200 e. The van der Waals surface area contributed by atoms with Gasteiger partial charge in [0.1, 0.15) is 11.5 Å². The van der Waals surface area contributed by atoms with Gasteiger partial charge < -0.3 is 26.3 Å². The van der Waals surface area contributed by atoms with E-state index in [9.17, 15) is 0 Å². The highest BCUT2D eigenvalue weighted by Crippen LogP contribution is 2.47. The Balaban J connectivity index is 0.00000231. The summed E-state index contributed by atoms with van der Waals surface area (Å²) in [4.78, 5) is 2.44. The minimum absolute atomic E-state index is 0. The van der Waals surface area contributed by atoms with Crippen LogP contribution in [0.25, 0.3) is 16.9 Å². The van der Waals surface area contributed by atoms with Crippen molar-refractivity contribution >= 4 is 11.3 Å². The summed E-state index contributed by atoms with van der Waals surface area (Å²) in [6, 6.07) is 16.9. The van der Waals surface area contributed by atoms with Gasteiger partial charge in [0, 0.05) is 35.0 Å². The van der Waals surface area contributed by atoms with Crippen molar-refractivity contribution in [3.8, 4) is 11.3 Å². The van der Waals surface area contributed by atoms with Crippen molar-refractivity contribution in [2.45, 2.75) is 45.4 Å². The first-order valence-corrected chi connectivity index (χ1v) is 10.9. The van der Waals surface area contributed by atoms with Crippen LogP contribution >= 0.6 is 0 Å². The van der Waals surface area contributed by atoms with Crippen LogP contribution in [0, 0.1) is 0 Å². The molecular weight excluding hydrogens is 448 g/mol. The number of fused-ring (bicyclic) bond motifs is 3. The fourth-order valence-electron chi connectivity index (χ4n) is 5.05. The summed E-state index contributed by atoms with van der Waals surface area (Å²) in [6.07, 6.45) is 7.84. The van der Waals surface area contributed by atoms with E-state index in [1.54, 1.807) is 0 Å². The van der Waals surface area contributed by atoms with Gasteiger partial charge in [-0.3, -0.25) is 5.41 Å². The maximum atomic E-state index is 6.37. The van der Waals surface area contributed by atoms with Crippen LogP contribution in [-0.4, -0.2) is 6.54 Å². The molecule has 1 aromatic rings. The van der Waals surface area contributed by atoms with Gasteiger partial charge in [0.2, 0.25) is 0 Å². The lowest BCUT2D eigenvalue weighted by Gasteiger charge is -2.26. The van der Waals surface area contributed by atoms with Crippen LogP contribution in [-0.2, 0) is 11.8 Å². The summed E-state index contributed by atoms with van der Waals surface area (Å²) in [5, 5.41) is 6.72. The van der Waals surface area contributed by atoms with E-state index in [4.69, 9.17) is 9.83 Å². The Morgan fingerprint density at radius 3 is 2.68 bits per heavy atom. The standard InChI is InChI=1S/C27H28N2O.BrH/c1-4-29-23-11-6-5-10-22(23)27(2,3)25(29)15-13-18-8-7-9-20-16-19-12-14-21(28)17-24(19)30-26(18)20;/h5-6,10-17,28H,4,7-9H2,1-3H3;1H/b18-13+,25-15-,28-21?;. The molecule has 2 heterocycles. The Hall–Kier alpha value is -2.59. The summed E-state index contributed by atoms with van der Waals surface area (Å²) >= 11 is 0. The van der Waals surface area contributed by atoms with Crippen molar-refractivity contribution in [3.05, 3.63) is 88.6 Å². The van der Waals surface area contributed by atoms with Gasteiger partial charge in [-0.25, -0.2) is 0 Å². The average Bonchev–Trinajstić information content (AvgIpc) is 2.97. The fourth-order valence-corrected chi connectivity index (χ4v) is 5.05. The highest BCUT2D eigenvalue weighted by molar-refractivity contribution is 5.74. The second-order valence-corrected chi connectivity index (χ2v) is 8.88. The lowest BCUT2D eigenvalue weighted by atomic mass is 9.83. The van der Waals surface area contributed by atoms with Crippen molar-refractivity contribution in [2.24, 2.45) is 0 Å². The van der Waals surface area contributed by atoms with Gasteiger partial charge in [-0.2, -0.15) is 0 Å². The number of hydrogen-bond acceptors (Lipinski definition) is 2. The van der Waals surface area contributed by atoms with Crippen molar-refractivity contribution < 1.29 is 26.8 Å². The van der Waals surface area contributed by atoms with Gasteiger partial charge >= 0.3 is 0 Å². The third kappa shape index (κ3) is 3.57. The molecular formula is C27H29BrN2O. The summed E-state index contributed by atoms with van der Waals surface area (Å²) < 4.78 is 6.37. The predicted molar refractivity (Wildman–Crippen MR) is 122 cm³/mol. The van der Waals surface area contributed by atoms with E-state index in [1.807, 2.05) is 18.2 Å². The van der Waals surface area contributed by atoms with E-state index in [0.29, 0.717) is 0 Å². The van der Waals surface area contributed by atoms with Crippen LogP contribution in [0.2, 0.25) is 0 Å². The molecule has 0 unspecified atom stereocenters. The zero-order valence-electron chi connectivity index (χ0n) is 18.4. The molecule has 0 saturated carbocycles. The van der Waals surface area contributed by atoms with Gasteiger partial charge in [0.05, 0.1) is 6.07 Å². The van der Waals surface area contributed by atoms with Gasteiger partial charge in [0.25, 0.3) is 0 Å². The molecule has 5 rings (SSSR count). The second-order valence-electron chi connectivity index (χ2n) is 8.88. The number of anilines is 1. The van der Waals surface area contributed by atoms with E-state index in [-0.39, 0.29) is 22.4 Å². The molecule has 0 saturated heterocycles. The molecule has 2 N–H and O–H groups in total. The molecule has 160 valence electrons. The van der Waals surface area contributed by atoms with Crippen LogP contribution in [0.4, 0.5) is 5.69 Å². The predicted octanol–water partition coefficient (Wildman–Crippen LogP) is 1.47. The lowest BCUT2D eigenvalue weighted by molar-refractivity contribution is -0.172. The molecule has 4 aliphatic rings. The van der Waals surface area contributed by atoms with Gasteiger partial charge in [-0.1, -0.05) is 38.1 Å². The Morgan fingerprint density at radius 1 is 1.06 bits per heavy atom. The minimum atomic E-state index is -0.0177. The van der Waals surface area contributed by atoms with E-state index in [2.05, 4.69) is 68.2 Å². The summed E-state index contributed by atoms with van der Waals surface area (Å²) in [7, 11) is 0.